The van der Waals surface area contributed by atoms with Crippen LogP contribution < -0.4 is 20.7 Å². The fourth-order valence-electron chi connectivity index (χ4n) is 2.20. The van der Waals surface area contributed by atoms with Crippen LogP contribution in [0.25, 0.3) is 0 Å². The largest absolute Gasteiger partial charge is 0.489 e. The Morgan fingerprint density at radius 3 is 2.59 bits per heavy atom. The monoisotopic (exact) mass is 373 g/mol. The molecule has 8 heteroatoms. The second kappa shape index (κ2) is 10.7. The molecule has 27 heavy (non-hydrogen) atoms. The van der Waals surface area contributed by atoms with Crippen LogP contribution in [0, 0.1) is 5.82 Å². The second-order valence-corrected chi connectivity index (χ2v) is 5.76. The quantitative estimate of drug-likeness (QED) is 0.372. The van der Waals surface area contributed by atoms with Crippen molar-refractivity contribution >= 4 is 11.9 Å². The van der Waals surface area contributed by atoms with E-state index >= 15 is 0 Å². The molecule has 7 nitrogen and oxygen atoms in total. The third kappa shape index (κ3) is 7.31. The topological polar surface area (TPSA) is 87.6 Å². The summed E-state index contributed by atoms with van der Waals surface area (Å²) in [4.78, 5) is 19.9. The highest BCUT2D eigenvalue weighted by Crippen LogP contribution is 2.12. The highest BCUT2D eigenvalue weighted by molar-refractivity contribution is 5.93. The summed E-state index contributed by atoms with van der Waals surface area (Å²) >= 11 is 0. The van der Waals surface area contributed by atoms with Gasteiger partial charge >= 0.3 is 0 Å². The van der Waals surface area contributed by atoms with Crippen LogP contribution in [0.1, 0.15) is 17.3 Å². The van der Waals surface area contributed by atoms with Crippen LogP contribution >= 0.6 is 0 Å². The molecule has 0 aliphatic rings. The molecule has 1 unspecified atom stereocenters. The first kappa shape index (κ1) is 20.2. The van der Waals surface area contributed by atoms with Crippen LogP contribution in [0.5, 0.6) is 5.75 Å². The molecule has 1 aromatic heterocycles. The summed E-state index contributed by atoms with van der Waals surface area (Å²) in [5, 5.41) is 9.05. The lowest BCUT2D eigenvalue weighted by Gasteiger charge is -2.18. The van der Waals surface area contributed by atoms with E-state index in [0.717, 1.165) is 0 Å². The zero-order valence-electron chi connectivity index (χ0n) is 15.4. The maximum atomic E-state index is 12.9. The Balaban J connectivity index is 1.65. The van der Waals surface area contributed by atoms with Gasteiger partial charge in [-0.1, -0.05) is 0 Å². The molecule has 1 heterocycles. The molecule has 0 aliphatic carbocycles. The lowest BCUT2D eigenvalue weighted by molar-refractivity contribution is 0.0954. The first-order valence-corrected chi connectivity index (χ1v) is 8.63. The highest BCUT2D eigenvalue weighted by atomic mass is 19.1. The van der Waals surface area contributed by atoms with Crippen molar-refractivity contribution in [3.05, 3.63) is 60.2 Å². The lowest BCUT2D eigenvalue weighted by atomic mass is 10.3. The standard InChI is InChI=1S/C19H24FN5O2/c1-14(27-17-7-5-16(20)6-8-17)12-25-19(21-2)24-11-10-23-18(26)15-4-3-9-22-13-15/h3-9,13-14H,10-12H2,1-2H3,(H,23,26)(H2,21,24,25). The third-order valence-corrected chi connectivity index (χ3v) is 3.56. The summed E-state index contributed by atoms with van der Waals surface area (Å²) in [7, 11) is 1.66. The van der Waals surface area contributed by atoms with Crippen LogP contribution in [0.2, 0.25) is 0 Å². The summed E-state index contributed by atoms with van der Waals surface area (Å²) in [6, 6.07) is 9.31. The number of pyridine rings is 1. The molecule has 0 fully saturated rings. The van der Waals surface area contributed by atoms with Crippen molar-refractivity contribution in [2.75, 3.05) is 26.7 Å². The maximum absolute atomic E-state index is 12.9. The van der Waals surface area contributed by atoms with Crippen molar-refractivity contribution in [1.29, 1.82) is 0 Å². The van der Waals surface area contributed by atoms with E-state index < -0.39 is 0 Å². The van der Waals surface area contributed by atoms with Gasteiger partial charge in [0.05, 0.1) is 12.1 Å². The predicted molar refractivity (Wildman–Crippen MR) is 102 cm³/mol. The van der Waals surface area contributed by atoms with Crippen molar-refractivity contribution in [1.82, 2.24) is 20.9 Å². The number of guanidine groups is 1. The summed E-state index contributed by atoms with van der Waals surface area (Å²) in [6.45, 7) is 3.37. The minimum absolute atomic E-state index is 0.140. The first-order chi connectivity index (χ1) is 13.1. The number of halogens is 1. The number of amides is 1. The summed E-state index contributed by atoms with van der Waals surface area (Å²) < 4.78 is 18.6. The number of hydrogen-bond donors (Lipinski definition) is 3. The van der Waals surface area contributed by atoms with Crippen molar-refractivity contribution in [3.8, 4) is 5.75 Å². The van der Waals surface area contributed by atoms with E-state index in [-0.39, 0.29) is 17.8 Å². The molecular weight excluding hydrogens is 349 g/mol. The Morgan fingerprint density at radius 2 is 1.93 bits per heavy atom. The van der Waals surface area contributed by atoms with Crippen LogP contribution in [0.4, 0.5) is 4.39 Å². The molecule has 0 bridgehead atoms. The van der Waals surface area contributed by atoms with Gasteiger partial charge in [0.2, 0.25) is 0 Å². The van der Waals surface area contributed by atoms with Crippen molar-refractivity contribution in [2.45, 2.75) is 13.0 Å². The van der Waals surface area contributed by atoms with Gasteiger partial charge in [-0.25, -0.2) is 4.39 Å². The number of rotatable bonds is 8. The number of hydrogen-bond acceptors (Lipinski definition) is 4. The number of nitrogens with zero attached hydrogens (tertiary/aromatic N) is 2. The normalized spacial score (nSPS) is 12.2. The number of aromatic nitrogens is 1. The molecule has 3 N–H and O–H groups in total. The Hall–Kier alpha value is -3.16. The number of benzene rings is 1. The number of nitrogens with one attached hydrogen (secondary N) is 3. The van der Waals surface area contributed by atoms with E-state index in [9.17, 15) is 9.18 Å². The van der Waals surface area contributed by atoms with Gasteiger partial charge in [0.1, 0.15) is 17.7 Å². The average molecular weight is 373 g/mol. The number of ether oxygens (including phenoxy) is 1. The smallest absolute Gasteiger partial charge is 0.252 e. The fourth-order valence-corrected chi connectivity index (χ4v) is 2.20. The number of carbonyl (C=O) groups excluding carboxylic acids is 1. The molecule has 0 saturated carbocycles. The molecule has 0 spiro atoms. The molecule has 144 valence electrons. The molecule has 1 atom stereocenters. The summed E-state index contributed by atoms with van der Waals surface area (Å²) in [5.74, 6) is 0.731. The van der Waals surface area contributed by atoms with E-state index in [0.29, 0.717) is 36.9 Å². The Bertz CT molecular complexity index is 738. The van der Waals surface area contributed by atoms with E-state index in [1.807, 2.05) is 6.92 Å². The van der Waals surface area contributed by atoms with Gasteiger partial charge in [0.15, 0.2) is 5.96 Å². The van der Waals surface area contributed by atoms with E-state index in [4.69, 9.17) is 4.74 Å². The maximum Gasteiger partial charge on any atom is 0.252 e. The van der Waals surface area contributed by atoms with Crippen LogP contribution in [-0.2, 0) is 0 Å². The van der Waals surface area contributed by atoms with E-state index in [1.54, 1.807) is 37.5 Å². The van der Waals surface area contributed by atoms with Crippen LogP contribution in [0.3, 0.4) is 0 Å². The number of carbonyl (C=O) groups is 1. The molecular formula is C19H24FN5O2. The first-order valence-electron chi connectivity index (χ1n) is 8.63. The van der Waals surface area contributed by atoms with Crippen LogP contribution in [0.15, 0.2) is 53.8 Å². The van der Waals surface area contributed by atoms with Gasteiger partial charge < -0.3 is 20.7 Å². The Kier molecular flexibility index (Phi) is 8.02. The zero-order chi connectivity index (χ0) is 19.5. The minimum atomic E-state index is -0.298. The van der Waals surface area contributed by atoms with Crippen LogP contribution in [-0.4, -0.2) is 49.6 Å². The lowest BCUT2D eigenvalue weighted by Crippen LogP contribution is -2.44. The predicted octanol–water partition coefficient (Wildman–Crippen LogP) is 1.58. The SMILES string of the molecule is CN=C(NCCNC(=O)c1cccnc1)NCC(C)Oc1ccc(F)cc1. The molecule has 0 aliphatic heterocycles. The summed E-state index contributed by atoms with van der Waals surface area (Å²) in [5.41, 5.74) is 0.520. The molecule has 1 amide bonds. The Labute approximate surface area is 158 Å². The second-order valence-electron chi connectivity index (χ2n) is 5.76. The number of aliphatic imine (C=N–C) groups is 1. The van der Waals surface area contributed by atoms with Gasteiger partial charge in [0, 0.05) is 32.5 Å². The van der Waals surface area contributed by atoms with Gasteiger partial charge in [-0.3, -0.25) is 14.8 Å². The van der Waals surface area contributed by atoms with Gasteiger partial charge in [-0.05, 0) is 43.3 Å². The summed E-state index contributed by atoms with van der Waals surface area (Å²) in [6.07, 6.45) is 3.00. The average Bonchev–Trinajstić information content (AvgIpc) is 2.69. The van der Waals surface area contributed by atoms with E-state index in [2.05, 4.69) is 25.9 Å². The van der Waals surface area contributed by atoms with Gasteiger partial charge in [-0.15, -0.1) is 0 Å². The zero-order valence-corrected chi connectivity index (χ0v) is 15.4. The highest BCUT2D eigenvalue weighted by Gasteiger charge is 2.07. The van der Waals surface area contributed by atoms with Crippen molar-refractivity contribution in [3.63, 3.8) is 0 Å². The minimum Gasteiger partial charge on any atom is -0.489 e. The molecule has 2 rings (SSSR count). The Morgan fingerprint density at radius 1 is 1.19 bits per heavy atom. The molecule has 2 aromatic rings. The van der Waals surface area contributed by atoms with Gasteiger partial charge in [-0.2, -0.15) is 0 Å². The molecule has 0 radical (unpaired) electrons. The molecule has 1 aromatic carbocycles. The van der Waals surface area contributed by atoms with E-state index in [1.165, 1.54) is 18.3 Å². The van der Waals surface area contributed by atoms with Gasteiger partial charge in [0.25, 0.3) is 5.91 Å². The van der Waals surface area contributed by atoms with Crippen molar-refractivity contribution in [2.24, 2.45) is 4.99 Å². The van der Waals surface area contributed by atoms with Crippen molar-refractivity contribution < 1.29 is 13.9 Å². The third-order valence-electron chi connectivity index (χ3n) is 3.56. The fraction of sp³-hybridized carbons (Fsp3) is 0.316. The molecule has 0 saturated heterocycles.